The third-order valence-corrected chi connectivity index (χ3v) is 6.73. The summed E-state index contributed by atoms with van der Waals surface area (Å²) in [6.07, 6.45) is 9.76. The van der Waals surface area contributed by atoms with Gasteiger partial charge >= 0.3 is 0 Å². The van der Waals surface area contributed by atoms with Gasteiger partial charge in [-0.05, 0) is 56.1 Å². The van der Waals surface area contributed by atoms with Crippen LogP contribution in [0.5, 0.6) is 0 Å². The Hall–Kier alpha value is -3.27. The quantitative estimate of drug-likeness (QED) is 0.367. The lowest BCUT2D eigenvalue weighted by Crippen LogP contribution is -2.36. The number of anilines is 1. The van der Waals surface area contributed by atoms with Gasteiger partial charge in [-0.15, -0.1) is 0 Å². The van der Waals surface area contributed by atoms with E-state index in [2.05, 4.69) is 30.5 Å². The summed E-state index contributed by atoms with van der Waals surface area (Å²) in [5.41, 5.74) is 1.43. The molecule has 3 aromatic rings. The topological polar surface area (TPSA) is 108 Å². The second kappa shape index (κ2) is 10.2. The molecule has 0 radical (unpaired) electrons. The number of aryl methyl sites for hydroxylation is 1. The fourth-order valence-corrected chi connectivity index (χ4v) is 4.32. The molecule has 0 unspecified atom stereocenters. The number of nitrogens with one attached hydrogen (secondary N) is 3. The molecule has 2 saturated carbocycles. The molecule has 0 aromatic carbocycles. The van der Waals surface area contributed by atoms with E-state index in [0.717, 1.165) is 31.5 Å². The second-order valence-electron chi connectivity index (χ2n) is 9.87. The summed E-state index contributed by atoms with van der Waals surface area (Å²) < 4.78 is 15.2. The highest BCUT2D eigenvalue weighted by molar-refractivity contribution is 5.78. The van der Waals surface area contributed by atoms with Crippen LogP contribution in [0.2, 0.25) is 0 Å². The molecule has 0 spiro atoms. The van der Waals surface area contributed by atoms with Crippen molar-refractivity contribution in [2.45, 2.75) is 45.7 Å². The normalized spacial score (nSPS) is 15.6. The third-order valence-electron chi connectivity index (χ3n) is 6.73. The number of aromatic nitrogens is 4. The highest BCUT2D eigenvalue weighted by Gasteiger charge is 2.28. The molecule has 3 aromatic heterocycles. The lowest BCUT2D eigenvalue weighted by molar-refractivity contribution is -0.121. The van der Waals surface area contributed by atoms with Crippen LogP contribution in [0, 0.1) is 24.6 Å². The first-order chi connectivity index (χ1) is 17.0. The van der Waals surface area contributed by atoms with E-state index in [1.807, 2.05) is 0 Å². The number of pyridine rings is 1. The smallest absolute Gasteiger partial charge is 0.293 e. The fraction of sp³-hybridized carbons (Fsp3) is 0.520. The zero-order valence-electron chi connectivity index (χ0n) is 20.0. The van der Waals surface area contributed by atoms with Crippen molar-refractivity contribution in [1.82, 2.24) is 29.7 Å². The Balaban J connectivity index is 1.16. The van der Waals surface area contributed by atoms with Crippen LogP contribution < -0.4 is 16.2 Å². The predicted octanol–water partition coefficient (Wildman–Crippen LogP) is 2.42. The van der Waals surface area contributed by atoms with Crippen LogP contribution in [0.15, 0.2) is 29.5 Å². The number of amides is 1. The highest BCUT2D eigenvalue weighted by Crippen LogP contribution is 2.33. The summed E-state index contributed by atoms with van der Waals surface area (Å²) in [7, 11) is 0. The molecular formula is C25H32FN7O2. The van der Waals surface area contributed by atoms with Gasteiger partial charge in [-0.3, -0.25) is 14.2 Å². The van der Waals surface area contributed by atoms with Crippen LogP contribution in [0.25, 0.3) is 11.0 Å². The van der Waals surface area contributed by atoms with Gasteiger partial charge in [0.15, 0.2) is 5.82 Å². The SMILES string of the molecule is Cc1cnc(NCCN(CC2CC2)CC2CC2)c(=O)n1CC(=O)NCc1cnc2[nH]cc(F)c2c1. The lowest BCUT2D eigenvalue weighted by Gasteiger charge is -2.22. The average Bonchev–Trinajstić information content (AvgIpc) is 3.78. The molecule has 35 heavy (non-hydrogen) atoms. The predicted molar refractivity (Wildman–Crippen MR) is 132 cm³/mol. The first-order valence-electron chi connectivity index (χ1n) is 12.4. The first-order valence-corrected chi connectivity index (χ1v) is 12.4. The largest absolute Gasteiger partial charge is 0.364 e. The molecule has 3 heterocycles. The van der Waals surface area contributed by atoms with Crippen molar-refractivity contribution in [3.63, 3.8) is 0 Å². The number of aromatic amines is 1. The number of hydrogen-bond donors (Lipinski definition) is 3. The van der Waals surface area contributed by atoms with Gasteiger partial charge in [-0.25, -0.2) is 14.4 Å². The van der Waals surface area contributed by atoms with Gasteiger partial charge in [0.05, 0.1) is 5.39 Å². The van der Waals surface area contributed by atoms with Crippen LogP contribution in [-0.2, 0) is 17.9 Å². The van der Waals surface area contributed by atoms with Crippen molar-refractivity contribution in [1.29, 1.82) is 0 Å². The summed E-state index contributed by atoms with van der Waals surface area (Å²) in [4.78, 5) is 39.3. The van der Waals surface area contributed by atoms with Gasteiger partial charge in [-0.2, -0.15) is 0 Å². The van der Waals surface area contributed by atoms with E-state index in [1.165, 1.54) is 36.4 Å². The number of hydrogen-bond acceptors (Lipinski definition) is 6. The van der Waals surface area contributed by atoms with Gasteiger partial charge in [-0.1, -0.05) is 0 Å². The molecule has 0 saturated heterocycles. The Morgan fingerprint density at radius 1 is 1.20 bits per heavy atom. The number of carbonyl (C=O) groups excluding carboxylic acids is 1. The minimum atomic E-state index is -0.386. The highest BCUT2D eigenvalue weighted by atomic mass is 19.1. The van der Waals surface area contributed by atoms with Crippen LogP contribution >= 0.6 is 0 Å². The Morgan fingerprint density at radius 2 is 1.94 bits per heavy atom. The average molecular weight is 482 g/mol. The maximum atomic E-state index is 13.8. The zero-order valence-corrected chi connectivity index (χ0v) is 20.0. The van der Waals surface area contributed by atoms with E-state index in [0.29, 0.717) is 28.8 Å². The molecule has 186 valence electrons. The fourth-order valence-electron chi connectivity index (χ4n) is 4.32. The van der Waals surface area contributed by atoms with Gasteiger partial charge in [0, 0.05) is 57.0 Å². The summed E-state index contributed by atoms with van der Waals surface area (Å²) in [6, 6.07) is 1.65. The molecule has 3 N–H and O–H groups in total. The Kier molecular flexibility index (Phi) is 6.81. The van der Waals surface area contributed by atoms with E-state index in [-0.39, 0.29) is 36.2 Å². The molecule has 1 amide bonds. The van der Waals surface area contributed by atoms with Crippen molar-refractivity contribution in [3.8, 4) is 0 Å². The van der Waals surface area contributed by atoms with Crippen molar-refractivity contribution < 1.29 is 9.18 Å². The minimum absolute atomic E-state index is 0.120. The standard InChI is InChI=1S/C25H32FN7O2/c1-16-9-29-24(27-6-7-32(13-17-2-3-17)14-18-4-5-18)25(35)33(16)15-22(34)28-10-19-8-20-21(26)12-31-23(20)30-11-19/h8-9,11-12,17-18H,2-7,10,13-15H2,1H3,(H,27,29)(H,28,34)(H,30,31). The molecule has 0 bridgehead atoms. The molecule has 2 aliphatic rings. The summed E-state index contributed by atoms with van der Waals surface area (Å²) in [6.45, 7) is 5.63. The van der Waals surface area contributed by atoms with Crippen LogP contribution in [-0.4, -0.2) is 56.5 Å². The molecule has 0 atom stereocenters. The number of H-pyrrole nitrogens is 1. The summed E-state index contributed by atoms with van der Waals surface area (Å²) >= 11 is 0. The van der Waals surface area contributed by atoms with Gasteiger partial charge in [0.1, 0.15) is 18.0 Å². The van der Waals surface area contributed by atoms with E-state index in [4.69, 9.17) is 0 Å². The van der Waals surface area contributed by atoms with E-state index < -0.39 is 0 Å². The molecular weight excluding hydrogens is 449 g/mol. The maximum absolute atomic E-state index is 13.8. The lowest BCUT2D eigenvalue weighted by atomic mass is 10.2. The number of carbonyl (C=O) groups is 1. The molecule has 2 fully saturated rings. The molecule has 10 heteroatoms. The van der Waals surface area contributed by atoms with Crippen molar-refractivity contribution in [3.05, 3.63) is 52.1 Å². The maximum Gasteiger partial charge on any atom is 0.293 e. The summed E-state index contributed by atoms with van der Waals surface area (Å²) in [5, 5.41) is 6.35. The zero-order chi connectivity index (χ0) is 24.4. The second-order valence-corrected chi connectivity index (χ2v) is 9.87. The van der Waals surface area contributed by atoms with Crippen molar-refractivity contribution in [2.75, 3.05) is 31.5 Å². The van der Waals surface area contributed by atoms with E-state index in [1.54, 1.807) is 25.4 Å². The molecule has 9 nitrogen and oxygen atoms in total. The van der Waals surface area contributed by atoms with Gasteiger partial charge in [0.2, 0.25) is 5.91 Å². The summed E-state index contributed by atoms with van der Waals surface area (Å²) in [5.74, 6) is 1.23. The van der Waals surface area contributed by atoms with Crippen LogP contribution in [0.1, 0.15) is 36.9 Å². The van der Waals surface area contributed by atoms with E-state index >= 15 is 0 Å². The monoisotopic (exact) mass is 481 g/mol. The first kappa shape index (κ1) is 23.5. The molecule has 2 aliphatic carbocycles. The molecule has 0 aliphatic heterocycles. The van der Waals surface area contributed by atoms with Gasteiger partial charge in [0.25, 0.3) is 5.56 Å². The Morgan fingerprint density at radius 3 is 2.66 bits per heavy atom. The Bertz CT molecular complexity index is 1250. The van der Waals surface area contributed by atoms with E-state index in [9.17, 15) is 14.0 Å². The third kappa shape index (κ3) is 6.05. The minimum Gasteiger partial charge on any atom is -0.364 e. The number of nitrogens with zero attached hydrogens (tertiary/aromatic N) is 4. The van der Waals surface area contributed by atoms with Crippen LogP contribution in [0.4, 0.5) is 10.2 Å². The van der Waals surface area contributed by atoms with Crippen molar-refractivity contribution in [2.24, 2.45) is 11.8 Å². The number of rotatable bonds is 12. The number of halogens is 1. The van der Waals surface area contributed by atoms with Crippen molar-refractivity contribution >= 4 is 22.8 Å². The van der Waals surface area contributed by atoms with Gasteiger partial charge < -0.3 is 20.5 Å². The van der Waals surface area contributed by atoms with Crippen LogP contribution in [0.3, 0.4) is 0 Å². The molecule has 5 rings (SSSR count). The number of fused-ring (bicyclic) bond motifs is 1. The Labute approximate surface area is 203 Å².